The van der Waals surface area contributed by atoms with Gasteiger partial charge >= 0.3 is 23.9 Å². The number of esters is 4. The number of amides is 3. The molecule has 3 aromatic heterocycles. The van der Waals surface area contributed by atoms with Crippen molar-refractivity contribution >= 4 is 110 Å². The first-order valence-corrected chi connectivity index (χ1v) is 45.1. The first-order chi connectivity index (χ1) is 59.9. The predicted molar refractivity (Wildman–Crippen MR) is 486 cm³/mol. The van der Waals surface area contributed by atoms with E-state index < -0.39 is 54.1 Å². The Bertz CT molecular complexity index is 4770. The van der Waals surface area contributed by atoms with Gasteiger partial charge in [0.15, 0.2) is 29.8 Å². The topological polar surface area (TPSA) is 315 Å². The third kappa shape index (κ3) is 35.2. The number of benzene rings is 6. The summed E-state index contributed by atoms with van der Waals surface area (Å²) < 4.78 is 41.6. The van der Waals surface area contributed by atoms with Crippen molar-refractivity contribution < 1.29 is 76.5 Å². The lowest BCUT2D eigenvalue weighted by molar-refractivity contribution is -0.325. The minimum atomic E-state index is -1.68. The van der Waals surface area contributed by atoms with Crippen LogP contribution in [0.2, 0.25) is 15.1 Å². The second-order valence-corrected chi connectivity index (χ2v) is 32.2. The lowest BCUT2D eigenvalue weighted by Gasteiger charge is -2.21. The third-order valence-corrected chi connectivity index (χ3v) is 21.5. The summed E-state index contributed by atoms with van der Waals surface area (Å²) in [5.74, 6) is -1.57. The van der Waals surface area contributed by atoms with E-state index in [0.717, 1.165) is 109 Å². The van der Waals surface area contributed by atoms with Crippen molar-refractivity contribution in [3.05, 3.63) is 182 Å². The van der Waals surface area contributed by atoms with Crippen LogP contribution in [0.3, 0.4) is 0 Å². The molecule has 3 amide bonds. The zero-order valence-corrected chi connectivity index (χ0v) is 76.3. The number of rotatable bonds is 53. The maximum absolute atomic E-state index is 14.2. The number of para-hydroxylation sites is 2. The number of ether oxygens (including phenoxy) is 7. The molecule has 0 fully saturated rings. The number of unbranched alkanes of at least 4 members (excludes halogenated alkanes) is 21. The van der Waals surface area contributed by atoms with Gasteiger partial charge in [-0.15, -0.1) is 10.2 Å². The fourth-order valence-corrected chi connectivity index (χ4v) is 13.9. The number of anilines is 3. The van der Waals surface area contributed by atoms with Gasteiger partial charge in [0.1, 0.15) is 41.0 Å². The number of H-pyrrole nitrogens is 1. The number of fused-ring (bicyclic) bond motifs is 2. The largest absolute Gasteiger partial charge is 0.491 e. The average Bonchev–Trinajstić information content (AvgIpc) is 1.62. The molecule has 26 nitrogen and oxygen atoms in total. The fraction of sp³-hybridized carbons (Fsp3) is 0.505. The SMILES string of the molecule is CC(=O)Oc1ccccc1.CCCCCCC(Oc1ccc(C)cc1C)C(=O)Nc1ccc(OCCOCC)c(CC(C)c2nc3c(Cl)c(C)[nH]n3n2)c1.CCCCCCCCCCCCOC(=O)C(C)OOCc1ccc(Cl)c(NC(=O)C(C(=O)Nc2cc(C(=O)OC(C)C(=O)OCCCCCCCCCCCC)ccc2Cl)n2nnc3ccccc32)c1. The van der Waals surface area contributed by atoms with E-state index in [9.17, 15) is 33.6 Å². The van der Waals surface area contributed by atoms with Crippen molar-refractivity contribution in [2.24, 2.45) is 0 Å². The van der Waals surface area contributed by atoms with Crippen molar-refractivity contribution in [1.29, 1.82) is 0 Å². The minimum absolute atomic E-state index is 0.0198. The Morgan fingerprint density at radius 1 is 0.556 bits per heavy atom. The van der Waals surface area contributed by atoms with Crippen molar-refractivity contribution in [1.82, 2.24) is 34.8 Å². The predicted octanol–water partition coefficient (Wildman–Crippen LogP) is 22.2. The zero-order chi connectivity index (χ0) is 89.6. The molecule has 4 N–H and O–H groups in total. The normalized spacial score (nSPS) is 12.3. The molecule has 0 saturated carbocycles. The number of halogens is 3. The molecule has 5 atom stereocenters. The molecule has 9 aromatic rings. The van der Waals surface area contributed by atoms with Gasteiger partial charge in [0.2, 0.25) is 6.04 Å². The Morgan fingerprint density at radius 3 is 1.73 bits per heavy atom. The smallest absolute Gasteiger partial charge is 0.347 e. The van der Waals surface area contributed by atoms with Gasteiger partial charge in [-0.25, -0.2) is 33.8 Å². The number of nitrogens with zero attached hydrogens (tertiary/aromatic N) is 6. The van der Waals surface area contributed by atoms with Crippen LogP contribution >= 0.6 is 34.8 Å². The zero-order valence-electron chi connectivity index (χ0n) is 74.0. The van der Waals surface area contributed by atoms with Crippen LogP contribution < -0.4 is 30.2 Å². The molecule has 0 aliphatic carbocycles. The van der Waals surface area contributed by atoms with E-state index in [-0.39, 0.29) is 58.0 Å². The average molecular weight is 1770 g/mol. The molecule has 0 aliphatic heterocycles. The maximum atomic E-state index is 14.2. The van der Waals surface area contributed by atoms with E-state index in [0.29, 0.717) is 83.8 Å². The number of aryl methyl sites for hydroxylation is 3. The number of aromatic amines is 1. The molecule has 124 heavy (non-hydrogen) atoms. The second kappa shape index (κ2) is 56.1. The monoisotopic (exact) mass is 1770 g/mol. The Morgan fingerprint density at radius 2 is 1.13 bits per heavy atom. The van der Waals surface area contributed by atoms with Gasteiger partial charge in [-0.3, -0.25) is 24.3 Å². The molecule has 0 radical (unpaired) electrons. The molecular formula is C95H127Cl3N10O16. The van der Waals surface area contributed by atoms with Crippen molar-refractivity contribution in [2.45, 2.75) is 280 Å². The minimum Gasteiger partial charge on any atom is -0.491 e. The van der Waals surface area contributed by atoms with Gasteiger partial charge in [0.25, 0.3) is 17.7 Å². The number of aromatic nitrogens is 7. The number of hydrogen-bond acceptors (Lipinski definition) is 20. The number of hydrogen-bond donors (Lipinski definition) is 4. The summed E-state index contributed by atoms with van der Waals surface area (Å²) in [6.07, 6.45) is 25.9. The van der Waals surface area contributed by atoms with Crippen LogP contribution in [-0.4, -0.2) is 128 Å². The molecule has 0 bridgehead atoms. The fourth-order valence-electron chi connectivity index (χ4n) is 13.4. The van der Waals surface area contributed by atoms with Crippen molar-refractivity contribution in [3.8, 4) is 17.2 Å². The first kappa shape index (κ1) is 101. The molecule has 6 aromatic carbocycles. The highest BCUT2D eigenvalue weighted by Gasteiger charge is 2.34. The lowest BCUT2D eigenvalue weighted by atomic mass is 9.99. The van der Waals surface area contributed by atoms with Gasteiger partial charge in [-0.2, -0.15) is 4.63 Å². The van der Waals surface area contributed by atoms with Crippen molar-refractivity contribution in [3.63, 3.8) is 0 Å². The van der Waals surface area contributed by atoms with E-state index in [1.807, 2.05) is 76.2 Å². The van der Waals surface area contributed by atoms with Gasteiger partial charge in [0, 0.05) is 25.1 Å². The molecule has 0 saturated heterocycles. The Hall–Kier alpha value is -9.96. The third-order valence-electron chi connectivity index (χ3n) is 20.4. The summed E-state index contributed by atoms with van der Waals surface area (Å²) in [5, 5.41) is 25.2. The lowest BCUT2D eigenvalue weighted by Crippen LogP contribution is -2.37. The second-order valence-electron chi connectivity index (χ2n) is 31.0. The van der Waals surface area contributed by atoms with E-state index in [1.54, 1.807) is 47.1 Å². The highest BCUT2D eigenvalue weighted by Crippen LogP contribution is 2.33. The van der Waals surface area contributed by atoms with E-state index >= 15 is 0 Å². The number of carbonyl (C=O) groups excluding carboxylic acids is 7. The van der Waals surface area contributed by atoms with Crippen LogP contribution in [0.15, 0.2) is 127 Å². The van der Waals surface area contributed by atoms with Crippen LogP contribution in [0, 0.1) is 20.8 Å². The van der Waals surface area contributed by atoms with Gasteiger partial charge in [-0.05, 0) is 169 Å². The highest BCUT2D eigenvalue weighted by molar-refractivity contribution is 6.35. The van der Waals surface area contributed by atoms with Crippen LogP contribution in [-0.2, 0) is 70.5 Å². The van der Waals surface area contributed by atoms with Gasteiger partial charge in [-0.1, -0.05) is 257 Å². The van der Waals surface area contributed by atoms with E-state index in [2.05, 4.69) is 75.2 Å². The van der Waals surface area contributed by atoms with Crippen molar-refractivity contribution in [2.75, 3.05) is 49.0 Å². The summed E-state index contributed by atoms with van der Waals surface area (Å²) in [7, 11) is 0. The summed E-state index contributed by atoms with van der Waals surface area (Å²) >= 11 is 19.4. The van der Waals surface area contributed by atoms with E-state index in [4.69, 9.17) is 77.7 Å². The number of carbonyl (C=O) groups is 7. The quantitative estimate of drug-likeness (QED) is 0.00523. The summed E-state index contributed by atoms with van der Waals surface area (Å²) in [4.78, 5) is 106. The summed E-state index contributed by atoms with van der Waals surface area (Å²) in [6, 6.07) is 34.6. The van der Waals surface area contributed by atoms with Gasteiger partial charge < -0.3 is 49.1 Å². The van der Waals surface area contributed by atoms with E-state index in [1.165, 1.54) is 135 Å². The van der Waals surface area contributed by atoms with Crippen LogP contribution in [0.5, 0.6) is 17.2 Å². The molecule has 0 aliphatic rings. The summed E-state index contributed by atoms with van der Waals surface area (Å²) in [5.41, 5.74) is 6.62. The standard InChI is InChI=1S/C53H73Cl2N5O10.C34H46ClN5O4.C8H8O2/c1-5-7-9-11-13-15-17-19-21-25-33-66-51(63)38(3)69-53(65)41-30-32-43(55)46(36-41)57-50(62)48(60-47-28-24-23-27-44(47)58-59-60)49(61)56-45-35-40(29-31-42(45)54)37-68-70-39(4)52(64)67-34-26-22-20-18-16-14-12-10-8-6-2;1-7-9-10-11-12-30(44-28-15-13-22(3)19-23(28)4)34(41)36-27-14-16-29(43-18-17-42-8-2)26(21-27)20-24(5)32-37-33-31(35)25(6)38-40(33)39-32;1-7(9)10-8-5-3-2-4-6-8/h23-24,27-32,35-36,38-39,48H,5-22,25-26,33-34,37H2,1-4H3,(H,56,61)(H,57,62);13-16,19,21,24,30,38H,7-12,17-18,20H2,1-6H3,(H,36,41);2-6H,1H3. The maximum Gasteiger partial charge on any atom is 0.347 e. The number of nitrogens with one attached hydrogen (secondary N) is 4. The summed E-state index contributed by atoms with van der Waals surface area (Å²) in [6.45, 7) is 22.9. The van der Waals surface area contributed by atoms with Crippen LogP contribution in [0.4, 0.5) is 17.1 Å². The molecule has 3 heterocycles. The molecule has 5 unspecified atom stereocenters. The first-order valence-electron chi connectivity index (χ1n) is 44.0. The molecule has 29 heteroatoms. The molecule has 0 spiro atoms. The highest BCUT2D eigenvalue weighted by atomic mass is 35.5. The van der Waals surface area contributed by atoms with Crippen LogP contribution in [0.1, 0.15) is 272 Å². The Kier molecular flexibility index (Phi) is 45.8. The Labute approximate surface area is 745 Å². The molecule has 674 valence electrons. The van der Waals surface area contributed by atoms with Gasteiger partial charge in [0.05, 0.1) is 58.0 Å². The Balaban J connectivity index is 0.000000329. The molecule has 9 rings (SSSR count). The van der Waals surface area contributed by atoms with Crippen LogP contribution in [0.25, 0.3) is 16.7 Å². The molecular weight excluding hydrogens is 1640 g/mol.